The minimum Gasteiger partial charge on any atom is -0.365 e. The highest BCUT2D eigenvalue weighted by Crippen LogP contribution is 2.34. The third-order valence-electron chi connectivity index (χ3n) is 5.29. The molecule has 1 aliphatic rings. The molecule has 1 atom stereocenters. The Morgan fingerprint density at radius 2 is 1.62 bits per heavy atom. The molecule has 164 valence electrons. The zero-order valence-electron chi connectivity index (χ0n) is 17.7. The fraction of sp³-hybridized carbons (Fsp3) is 0.154. The van der Waals surface area contributed by atoms with Crippen molar-refractivity contribution in [3.8, 4) is 0 Å². The molecule has 1 aliphatic heterocycles. The van der Waals surface area contributed by atoms with Crippen LogP contribution in [0.3, 0.4) is 0 Å². The van der Waals surface area contributed by atoms with E-state index >= 15 is 0 Å². The molecule has 3 aromatic rings. The Balaban J connectivity index is 1.90. The van der Waals surface area contributed by atoms with Gasteiger partial charge in [-0.3, -0.25) is 4.31 Å². The van der Waals surface area contributed by atoms with Crippen LogP contribution in [0.25, 0.3) is 5.70 Å². The molecule has 0 saturated heterocycles. The monoisotopic (exact) mass is 449 g/mol. The molecule has 4 nitrogen and oxygen atoms in total. The van der Waals surface area contributed by atoms with Gasteiger partial charge in [-0.15, -0.1) is 0 Å². The first-order valence-corrected chi connectivity index (χ1v) is 11.7. The number of hydrogen-bond acceptors (Lipinski definition) is 3. The Morgan fingerprint density at radius 1 is 0.969 bits per heavy atom. The molecule has 0 aliphatic carbocycles. The molecule has 0 spiro atoms. The molecule has 0 aromatic heterocycles. The average Bonchev–Trinajstić information content (AvgIpc) is 2.78. The summed E-state index contributed by atoms with van der Waals surface area (Å²) in [4.78, 5) is 0.182. The number of hydrogen-bond donors (Lipinski definition) is 0. The van der Waals surface area contributed by atoms with E-state index in [9.17, 15) is 12.8 Å². The van der Waals surface area contributed by atoms with E-state index in [1.54, 1.807) is 42.5 Å². The highest BCUT2D eigenvalue weighted by atomic mass is 32.2. The minimum atomic E-state index is -3.91. The predicted molar refractivity (Wildman–Crippen MR) is 124 cm³/mol. The van der Waals surface area contributed by atoms with Crippen LogP contribution >= 0.6 is 0 Å². The standard InChI is InChI=1S/C26H24FNO3S/c1-19-8-14-24(15-9-19)32(29,30)28-17-20(2)18-31-26(22-6-4-3-5-7-22)16-25(28)21-10-12-23(27)13-11-21/h3-16,26H,2,17-18H2,1H3/b25-16-. The van der Waals surface area contributed by atoms with E-state index in [4.69, 9.17) is 4.74 Å². The Morgan fingerprint density at radius 3 is 2.28 bits per heavy atom. The van der Waals surface area contributed by atoms with E-state index < -0.39 is 21.9 Å². The predicted octanol–water partition coefficient (Wildman–Crippen LogP) is 5.49. The van der Waals surface area contributed by atoms with E-state index in [0.29, 0.717) is 16.8 Å². The smallest absolute Gasteiger partial charge is 0.264 e. The van der Waals surface area contributed by atoms with E-state index in [1.807, 2.05) is 37.3 Å². The maximum Gasteiger partial charge on any atom is 0.264 e. The first-order chi connectivity index (χ1) is 15.3. The van der Waals surface area contributed by atoms with Gasteiger partial charge in [-0.05, 0) is 66.1 Å². The zero-order chi connectivity index (χ0) is 22.7. The summed E-state index contributed by atoms with van der Waals surface area (Å²) in [6.45, 7) is 6.21. The molecule has 0 fully saturated rings. The zero-order valence-corrected chi connectivity index (χ0v) is 18.6. The largest absolute Gasteiger partial charge is 0.365 e. The van der Waals surface area contributed by atoms with Crippen LogP contribution in [0.4, 0.5) is 4.39 Å². The highest BCUT2D eigenvalue weighted by molar-refractivity contribution is 7.89. The van der Waals surface area contributed by atoms with Crippen molar-refractivity contribution in [1.82, 2.24) is 4.31 Å². The summed E-state index contributed by atoms with van der Waals surface area (Å²) in [6, 6.07) is 22.1. The number of sulfonamides is 1. The van der Waals surface area contributed by atoms with Crippen molar-refractivity contribution in [3.63, 3.8) is 0 Å². The summed E-state index contributed by atoms with van der Waals surface area (Å²) in [7, 11) is -3.91. The second kappa shape index (κ2) is 9.10. The molecule has 6 heteroatoms. The van der Waals surface area contributed by atoms with Crippen LogP contribution in [-0.4, -0.2) is 25.9 Å². The molecule has 1 heterocycles. The topological polar surface area (TPSA) is 46.6 Å². The summed E-state index contributed by atoms with van der Waals surface area (Å²) in [5.74, 6) is -0.395. The van der Waals surface area contributed by atoms with Crippen molar-refractivity contribution < 1.29 is 17.5 Å². The van der Waals surface area contributed by atoms with Gasteiger partial charge in [0.1, 0.15) is 11.9 Å². The van der Waals surface area contributed by atoms with Gasteiger partial charge in [-0.25, -0.2) is 12.8 Å². The summed E-state index contributed by atoms with van der Waals surface area (Å²) in [6.07, 6.45) is 1.28. The molecule has 0 radical (unpaired) electrons. The number of nitrogens with zero attached hydrogens (tertiary/aromatic N) is 1. The van der Waals surface area contributed by atoms with Crippen molar-refractivity contribution in [1.29, 1.82) is 0 Å². The van der Waals surface area contributed by atoms with Gasteiger partial charge in [-0.1, -0.05) is 54.6 Å². The molecule has 4 rings (SSSR count). The van der Waals surface area contributed by atoms with E-state index in [2.05, 4.69) is 6.58 Å². The summed E-state index contributed by atoms with van der Waals surface area (Å²) in [5.41, 5.74) is 3.46. The molecule has 32 heavy (non-hydrogen) atoms. The average molecular weight is 450 g/mol. The van der Waals surface area contributed by atoms with Gasteiger partial charge < -0.3 is 4.74 Å². The van der Waals surface area contributed by atoms with Gasteiger partial charge in [-0.2, -0.15) is 0 Å². The van der Waals surface area contributed by atoms with Crippen molar-refractivity contribution in [2.24, 2.45) is 0 Å². The van der Waals surface area contributed by atoms with Gasteiger partial charge in [0.25, 0.3) is 10.0 Å². The molecule has 0 N–H and O–H groups in total. The molecule has 1 unspecified atom stereocenters. The van der Waals surface area contributed by atoms with Crippen LogP contribution in [-0.2, 0) is 14.8 Å². The Labute approximate surface area is 188 Å². The van der Waals surface area contributed by atoms with E-state index in [0.717, 1.165) is 11.1 Å². The lowest BCUT2D eigenvalue weighted by Crippen LogP contribution is -2.34. The summed E-state index contributed by atoms with van der Waals surface area (Å²) < 4.78 is 48.5. The van der Waals surface area contributed by atoms with Crippen LogP contribution in [0.2, 0.25) is 0 Å². The Hall–Kier alpha value is -3.22. The number of rotatable bonds is 4. The second-order valence-corrected chi connectivity index (χ2v) is 9.64. The highest BCUT2D eigenvalue weighted by Gasteiger charge is 2.30. The van der Waals surface area contributed by atoms with Gasteiger partial charge in [0.05, 0.1) is 23.7 Å². The molecule has 3 aromatic carbocycles. The van der Waals surface area contributed by atoms with Crippen LogP contribution in [0.15, 0.2) is 102 Å². The van der Waals surface area contributed by atoms with Crippen molar-refractivity contribution in [2.45, 2.75) is 17.9 Å². The molecule has 0 amide bonds. The van der Waals surface area contributed by atoms with Gasteiger partial charge in [0, 0.05) is 0 Å². The van der Waals surface area contributed by atoms with Crippen molar-refractivity contribution >= 4 is 15.7 Å². The lowest BCUT2D eigenvalue weighted by Gasteiger charge is -2.32. The molecular formula is C26H24FNO3S. The summed E-state index contributed by atoms with van der Waals surface area (Å²) >= 11 is 0. The quantitative estimate of drug-likeness (QED) is 0.495. The van der Waals surface area contributed by atoms with Crippen LogP contribution in [0.5, 0.6) is 0 Å². The summed E-state index contributed by atoms with van der Waals surface area (Å²) in [5, 5.41) is 0. The SMILES string of the molecule is C=C1COC(c2ccccc2)/C=C(/c2ccc(F)cc2)N(S(=O)(=O)c2ccc(C)cc2)C1. The first-order valence-electron chi connectivity index (χ1n) is 10.2. The van der Waals surface area contributed by atoms with E-state index in [1.165, 1.54) is 16.4 Å². The molecule has 0 bridgehead atoms. The number of aryl methyl sites for hydroxylation is 1. The fourth-order valence-corrected chi connectivity index (χ4v) is 5.08. The minimum absolute atomic E-state index is 0.0565. The number of ether oxygens (including phenoxy) is 1. The first kappa shape index (κ1) is 22.0. The maximum atomic E-state index is 13.7. The van der Waals surface area contributed by atoms with Gasteiger partial charge in [0.2, 0.25) is 0 Å². The number of benzene rings is 3. The Bertz CT molecular complexity index is 1230. The second-order valence-electron chi connectivity index (χ2n) is 7.78. The fourth-order valence-electron chi connectivity index (χ4n) is 3.56. The third kappa shape index (κ3) is 4.66. The third-order valence-corrected chi connectivity index (χ3v) is 7.06. The van der Waals surface area contributed by atoms with Crippen molar-refractivity contribution in [3.05, 3.63) is 120 Å². The lowest BCUT2D eigenvalue weighted by atomic mass is 10.0. The van der Waals surface area contributed by atoms with E-state index in [-0.39, 0.29) is 18.0 Å². The normalized spacial score (nSPS) is 19.1. The van der Waals surface area contributed by atoms with Crippen LogP contribution in [0, 0.1) is 12.7 Å². The lowest BCUT2D eigenvalue weighted by molar-refractivity contribution is 0.100. The van der Waals surface area contributed by atoms with Gasteiger partial charge in [0.15, 0.2) is 0 Å². The number of halogens is 1. The van der Waals surface area contributed by atoms with Crippen LogP contribution in [0.1, 0.15) is 22.8 Å². The molecular weight excluding hydrogens is 425 g/mol. The van der Waals surface area contributed by atoms with Crippen LogP contribution < -0.4 is 0 Å². The van der Waals surface area contributed by atoms with Gasteiger partial charge >= 0.3 is 0 Å². The maximum absolute atomic E-state index is 13.7. The molecule has 0 saturated carbocycles. The van der Waals surface area contributed by atoms with Crippen molar-refractivity contribution in [2.75, 3.05) is 13.2 Å². The Kier molecular flexibility index (Phi) is 6.26.